The molecule has 0 aliphatic rings. The summed E-state index contributed by atoms with van der Waals surface area (Å²) in [5, 5.41) is 11.9. The van der Waals surface area contributed by atoms with Crippen LogP contribution in [0.3, 0.4) is 0 Å². The van der Waals surface area contributed by atoms with Gasteiger partial charge in [-0.25, -0.2) is 9.59 Å². The van der Waals surface area contributed by atoms with Gasteiger partial charge in [0.15, 0.2) is 0 Å². The lowest BCUT2D eigenvalue weighted by Gasteiger charge is -2.06. The fourth-order valence-electron chi connectivity index (χ4n) is 2.26. The van der Waals surface area contributed by atoms with Crippen LogP contribution in [0.4, 0.5) is 10.5 Å². The number of carboxylic acid groups (broad SMARTS) is 1. The van der Waals surface area contributed by atoms with Gasteiger partial charge in [-0.1, -0.05) is 60.7 Å². The number of nitrogens with one attached hydrogen (secondary N) is 1. The lowest BCUT2D eigenvalue weighted by atomic mass is 10.2. The molecule has 2 aromatic carbocycles. The van der Waals surface area contributed by atoms with Crippen molar-refractivity contribution in [2.24, 2.45) is 0 Å². The van der Waals surface area contributed by atoms with Gasteiger partial charge in [-0.15, -0.1) is 11.3 Å². The summed E-state index contributed by atoms with van der Waals surface area (Å²) in [7, 11) is 0. The zero-order valence-corrected chi connectivity index (χ0v) is 14.0. The van der Waals surface area contributed by atoms with Gasteiger partial charge in [-0.2, -0.15) is 0 Å². The molecule has 126 valence electrons. The molecular weight excluding hydrogens is 338 g/mol. The number of benzene rings is 2. The summed E-state index contributed by atoms with van der Waals surface area (Å²) in [5.41, 5.74) is 1.97. The fourth-order valence-corrected chi connectivity index (χ4v) is 3.21. The number of anilines is 1. The predicted octanol–water partition coefficient (Wildman–Crippen LogP) is 4.86. The number of thiophene rings is 1. The average Bonchev–Trinajstić information content (AvgIpc) is 3.06. The number of rotatable bonds is 5. The second kappa shape index (κ2) is 7.63. The van der Waals surface area contributed by atoms with Gasteiger partial charge in [0.05, 0.1) is 5.69 Å². The van der Waals surface area contributed by atoms with E-state index >= 15 is 0 Å². The molecule has 0 aliphatic heterocycles. The molecule has 0 spiro atoms. The Labute approximate surface area is 148 Å². The van der Waals surface area contributed by atoms with Crippen LogP contribution in [0.25, 0.3) is 10.4 Å². The van der Waals surface area contributed by atoms with Crippen molar-refractivity contribution >= 4 is 29.1 Å². The summed E-state index contributed by atoms with van der Waals surface area (Å²) >= 11 is 1.11. The molecule has 0 saturated heterocycles. The Morgan fingerprint density at radius 2 is 1.64 bits per heavy atom. The molecule has 1 heterocycles. The van der Waals surface area contributed by atoms with Crippen molar-refractivity contribution in [1.82, 2.24) is 0 Å². The van der Waals surface area contributed by atoms with Gasteiger partial charge in [0.1, 0.15) is 11.5 Å². The lowest BCUT2D eigenvalue weighted by Crippen LogP contribution is -2.14. The van der Waals surface area contributed by atoms with E-state index in [0.29, 0.717) is 0 Å². The number of carboxylic acids is 1. The molecule has 0 saturated carbocycles. The maximum atomic E-state index is 12.0. The van der Waals surface area contributed by atoms with Crippen molar-refractivity contribution in [1.29, 1.82) is 0 Å². The van der Waals surface area contributed by atoms with E-state index in [1.54, 1.807) is 6.07 Å². The van der Waals surface area contributed by atoms with Gasteiger partial charge in [-0.3, -0.25) is 5.32 Å². The van der Waals surface area contributed by atoms with E-state index in [1.165, 1.54) is 0 Å². The first-order chi connectivity index (χ1) is 12.1. The summed E-state index contributed by atoms with van der Waals surface area (Å²) in [6.45, 7) is 0.116. The van der Waals surface area contributed by atoms with Gasteiger partial charge in [0.25, 0.3) is 0 Å². The molecule has 1 amide bonds. The fraction of sp³-hybridized carbons (Fsp3) is 0.0526. The molecule has 0 atom stereocenters. The van der Waals surface area contributed by atoms with Crippen LogP contribution in [-0.2, 0) is 11.3 Å². The molecule has 3 rings (SSSR count). The summed E-state index contributed by atoms with van der Waals surface area (Å²) < 4.78 is 5.14. The number of hydrogen-bond acceptors (Lipinski definition) is 4. The molecule has 0 aliphatic carbocycles. The van der Waals surface area contributed by atoms with Crippen LogP contribution in [0.2, 0.25) is 0 Å². The Bertz CT molecular complexity index is 875. The minimum atomic E-state index is -1.09. The smallest absolute Gasteiger partial charge is 0.412 e. The Morgan fingerprint density at radius 3 is 2.28 bits per heavy atom. The second-order valence-electron chi connectivity index (χ2n) is 5.21. The molecule has 0 radical (unpaired) electrons. The van der Waals surface area contributed by atoms with Crippen LogP contribution in [0.1, 0.15) is 15.2 Å². The third-order valence-electron chi connectivity index (χ3n) is 3.43. The maximum absolute atomic E-state index is 12.0. The number of carbonyl (C=O) groups excluding carboxylic acids is 1. The third-order valence-corrected chi connectivity index (χ3v) is 4.61. The Morgan fingerprint density at radius 1 is 1.00 bits per heavy atom. The highest BCUT2D eigenvalue weighted by Crippen LogP contribution is 2.34. The van der Waals surface area contributed by atoms with E-state index in [2.05, 4.69) is 5.32 Å². The van der Waals surface area contributed by atoms with Crippen molar-refractivity contribution in [2.45, 2.75) is 6.61 Å². The predicted molar refractivity (Wildman–Crippen MR) is 97.0 cm³/mol. The molecule has 0 bridgehead atoms. The van der Waals surface area contributed by atoms with Crippen LogP contribution in [0, 0.1) is 0 Å². The van der Waals surface area contributed by atoms with Crippen LogP contribution < -0.4 is 5.32 Å². The highest BCUT2D eigenvalue weighted by molar-refractivity contribution is 7.18. The molecular formula is C19H15NO4S. The maximum Gasteiger partial charge on any atom is 0.412 e. The molecule has 0 unspecified atom stereocenters. The van der Waals surface area contributed by atoms with E-state index in [-0.39, 0.29) is 17.2 Å². The number of amides is 1. The molecule has 1 aromatic heterocycles. The van der Waals surface area contributed by atoms with Gasteiger partial charge < -0.3 is 9.84 Å². The van der Waals surface area contributed by atoms with Crippen LogP contribution in [0.5, 0.6) is 0 Å². The zero-order chi connectivity index (χ0) is 17.6. The van der Waals surface area contributed by atoms with Crippen LogP contribution >= 0.6 is 11.3 Å². The van der Waals surface area contributed by atoms with E-state index in [1.807, 2.05) is 60.7 Å². The molecule has 25 heavy (non-hydrogen) atoms. The lowest BCUT2D eigenvalue weighted by molar-refractivity contribution is 0.0703. The molecule has 6 heteroatoms. The number of ether oxygens (including phenoxy) is 1. The first kappa shape index (κ1) is 16.7. The molecule has 0 fully saturated rings. The van der Waals surface area contributed by atoms with Gasteiger partial charge in [0, 0.05) is 4.88 Å². The summed E-state index contributed by atoms with van der Waals surface area (Å²) in [4.78, 5) is 24.3. The standard InChI is InChI=1S/C19H15NO4S/c21-18(22)17-15(11-16(25-17)14-9-5-2-6-10-14)20-19(23)24-12-13-7-3-1-4-8-13/h1-11H,12H2,(H,20,23)(H,21,22). The van der Waals surface area contributed by atoms with Gasteiger partial charge in [-0.05, 0) is 17.2 Å². The number of aromatic carboxylic acids is 1. The summed E-state index contributed by atoms with van der Waals surface area (Å²) in [5.74, 6) is -1.09. The minimum absolute atomic E-state index is 0.0653. The largest absolute Gasteiger partial charge is 0.477 e. The highest BCUT2D eigenvalue weighted by atomic mass is 32.1. The van der Waals surface area contributed by atoms with E-state index < -0.39 is 12.1 Å². The average molecular weight is 353 g/mol. The Hall–Kier alpha value is -3.12. The monoisotopic (exact) mass is 353 g/mol. The quantitative estimate of drug-likeness (QED) is 0.687. The SMILES string of the molecule is O=C(Nc1cc(-c2ccccc2)sc1C(=O)O)OCc1ccccc1. The Balaban J connectivity index is 1.73. The summed E-state index contributed by atoms with van der Waals surface area (Å²) in [6.07, 6.45) is -0.691. The Kier molecular flexibility index (Phi) is 5.11. The second-order valence-corrected chi connectivity index (χ2v) is 6.26. The topological polar surface area (TPSA) is 75.6 Å². The van der Waals surface area contributed by atoms with Gasteiger partial charge in [0.2, 0.25) is 0 Å². The zero-order valence-electron chi connectivity index (χ0n) is 13.1. The molecule has 2 N–H and O–H groups in total. The van der Waals surface area contributed by atoms with E-state index in [9.17, 15) is 14.7 Å². The van der Waals surface area contributed by atoms with Crippen molar-refractivity contribution in [3.05, 3.63) is 77.2 Å². The van der Waals surface area contributed by atoms with E-state index in [4.69, 9.17) is 4.74 Å². The first-order valence-corrected chi connectivity index (χ1v) is 8.35. The third kappa shape index (κ3) is 4.24. The normalized spacial score (nSPS) is 10.2. The van der Waals surface area contributed by atoms with Crippen molar-refractivity contribution in [3.63, 3.8) is 0 Å². The first-order valence-electron chi connectivity index (χ1n) is 7.54. The summed E-state index contributed by atoms with van der Waals surface area (Å²) in [6, 6.07) is 20.3. The van der Waals surface area contributed by atoms with Crippen molar-refractivity contribution in [2.75, 3.05) is 5.32 Å². The number of hydrogen-bond donors (Lipinski definition) is 2. The van der Waals surface area contributed by atoms with Crippen LogP contribution in [0.15, 0.2) is 66.7 Å². The number of carbonyl (C=O) groups is 2. The molecule has 3 aromatic rings. The van der Waals surface area contributed by atoms with Gasteiger partial charge >= 0.3 is 12.1 Å². The van der Waals surface area contributed by atoms with Crippen LogP contribution in [-0.4, -0.2) is 17.2 Å². The van der Waals surface area contributed by atoms with E-state index in [0.717, 1.165) is 27.3 Å². The van der Waals surface area contributed by atoms with Crippen molar-refractivity contribution in [3.8, 4) is 10.4 Å². The molecule has 5 nitrogen and oxygen atoms in total. The van der Waals surface area contributed by atoms with Crippen molar-refractivity contribution < 1.29 is 19.4 Å². The highest BCUT2D eigenvalue weighted by Gasteiger charge is 2.18. The minimum Gasteiger partial charge on any atom is -0.477 e.